The Balaban J connectivity index is 1.22. The number of aromatic nitrogens is 2. The average Bonchev–Trinajstić information content (AvgIpc) is 3.21. The van der Waals surface area contributed by atoms with E-state index < -0.39 is 0 Å². The second-order valence-electron chi connectivity index (χ2n) is 9.25. The molecule has 0 bridgehead atoms. The topological polar surface area (TPSA) is 122 Å². The molecule has 37 heavy (non-hydrogen) atoms. The van der Waals surface area contributed by atoms with Crippen LogP contribution in [0.5, 0.6) is 0 Å². The van der Waals surface area contributed by atoms with Crippen molar-refractivity contribution in [2.24, 2.45) is 0 Å². The average molecular weight is 521 g/mol. The van der Waals surface area contributed by atoms with Crippen molar-refractivity contribution in [2.45, 2.75) is 31.8 Å². The summed E-state index contributed by atoms with van der Waals surface area (Å²) < 4.78 is 5.41. The molecule has 2 aliphatic rings. The van der Waals surface area contributed by atoms with Crippen LogP contribution in [0.4, 0.5) is 11.6 Å². The van der Waals surface area contributed by atoms with Gasteiger partial charge in [0.15, 0.2) is 0 Å². The predicted molar refractivity (Wildman–Crippen MR) is 142 cm³/mol. The van der Waals surface area contributed by atoms with Gasteiger partial charge in [0.25, 0.3) is 5.91 Å². The fraction of sp³-hybridized carbons (Fsp3) is 0.333. The molecule has 3 aromatic rings. The summed E-state index contributed by atoms with van der Waals surface area (Å²) in [5.41, 5.74) is 10.3. The number of benzene rings is 2. The van der Waals surface area contributed by atoms with E-state index >= 15 is 0 Å². The monoisotopic (exact) mass is 520 g/mol. The number of amides is 2. The molecule has 1 fully saturated rings. The third-order valence-electron chi connectivity index (χ3n) is 6.67. The lowest BCUT2D eigenvalue weighted by atomic mass is 10.0. The van der Waals surface area contributed by atoms with Crippen LogP contribution in [0.15, 0.2) is 48.7 Å². The molecule has 2 aliphatic heterocycles. The van der Waals surface area contributed by atoms with E-state index in [1.165, 1.54) is 0 Å². The molecule has 1 saturated heterocycles. The van der Waals surface area contributed by atoms with E-state index in [4.69, 9.17) is 22.1 Å². The molecule has 0 aliphatic carbocycles. The van der Waals surface area contributed by atoms with Gasteiger partial charge in [-0.1, -0.05) is 41.9 Å². The van der Waals surface area contributed by atoms with Gasteiger partial charge < -0.3 is 26.0 Å². The number of hydrogen-bond donors (Lipinski definition) is 3. The minimum Gasteiger partial charge on any atom is -0.399 e. The first-order valence-electron chi connectivity index (χ1n) is 12.4. The number of nitrogens with zero attached hydrogens (tertiary/aromatic N) is 3. The van der Waals surface area contributed by atoms with Gasteiger partial charge in [-0.2, -0.15) is 0 Å². The molecule has 10 heteroatoms. The number of carbonyl (C=O) groups is 2. The number of fused-ring (bicyclic) bond motifs is 1. The zero-order chi connectivity index (χ0) is 25.8. The van der Waals surface area contributed by atoms with Crippen molar-refractivity contribution in [3.63, 3.8) is 0 Å². The van der Waals surface area contributed by atoms with E-state index in [0.29, 0.717) is 60.6 Å². The Morgan fingerprint density at radius 3 is 2.81 bits per heavy atom. The third kappa shape index (κ3) is 5.84. The first-order chi connectivity index (χ1) is 18.0. The first kappa shape index (κ1) is 25.0. The van der Waals surface area contributed by atoms with E-state index in [-0.39, 0.29) is 24.4 Å². The van der Waals surface area contributed by atoms with Gasteiger partial charge in [-0.25, -0.2) is 9.97 Å². The molecule has 0 spiro atoms. The number of hydrogen-bond acceptors (Lipinski definition) is 7. The van der Waals surface area contributed by atoms with E-state index in [1.807, 2.05) is 36.4 Å². The SMILES string of the molecule is Nc1ccccc1CCNC(=O)CN1Cc2ccc(-c3nc(NC4CCOCC4)ncc3Cl)cc2C1=O. The third-order valence-corrected chi connectivity index (χ3v) is 6.94. The highest BCUT2D eigenvalue weighted by atomic mass is 35.5. The summed E-state index contributed by atoms with van der Waals surface area (Å²) in [6.45, 7) is 2.23. The molecule has 3 heterocycles. The van der Waals surface area contributed by atoms with E-state index in [1.54, 1.807) is 17.2 Å². The van der Waals surface area contributed by atoms with Crippen LogP contribution in [0.2, 0.25) is 5.02 Å². The summed E-state index contributed by atoms with van der Waals surface area (Å²) in [5, 5.41) is 6.63. The van der Waals surface area contributed by atoms with Gasteiger partial charge in [0.1, 0.15) is 6.54 Å². The quantitative estimate of drug-likeness (QED) is 0.389. The molecular weight excluding hydrogens is 492 g/mol. The number of nitrogens with one attached hydrogen (secondary N) is 2. The highest BCUT2D eigenvalue weighted by molar-refractivity contribution is 6.33. The molecule has 192 valence electrons. The smallest absolute Gasteiger partial charge is 0.254 e. The van der Waals surface area contributed by atoms with Crippen molar-refractivity contribution >= 4 is 35.1 Å². The standard InChI is InChI=1S/C27H29ClN6O3/c28-22-14-31-27(32-20-8-11-37-12-9-20)33-25(22)18-5-6-19-15-34(26(36)21(19)13-18)16-24(35)30-10-7-17-3-1-2-4-23(17)29/h1-6,13-14,20H,7-12,15-16,29H2,(H,30,35)(H,31,32,33). The molecule has 4 N–H and O–H groups in total. The van der Waals surface area contributed by atoms with E-state index in [9.17, 15) is 9.59 Å². The maximum absolute atomic E-state index is 13.1. The summed E-state index contributed by atoms with van der Waals surface area (Å²) in [5.74, 6) is 0.0947. The summed E-state index contributed by atoms with van der Waals surface area (Å²) in [7, 11) is 0. The van der Waals surface area contributed by atoms with Crippen LogP contribution in [0, 0.1) is 0 Å². The number of anilines is 2. The van der Waals surface area contributed by atoms with Gasteiger partial charge in [-0.3, -0.25) is 9.59 Å². The molecule has 2 aromatic carbocycles. The second-order valence-corrected chi connectivity index (χ2v) is 9.66. The van der Waals surface area contributed by atoms with Gasteiger partial charge in [-0.05, 0) is 42.5 Å². The molecule has 0 unspecified atom stereocenters. The van der Waals surface area contributed by atoms with Gasteiger partial charge in [0.2, 0.25) is 11.9 Å². The molecule has 2 amide bonds. The minimum atomic E-state index is -0.210. The maximum atomic E-state index is 13.1. The van der Waals surface area contributed by atoms with Crippen LogP contribution in [-0.2, 0) is 22.5 Å². The van der Waals surface area contributed by atoms with Gasteiger partial charge in [0, 0.05) is 49.2 Å². The molecule has 0 radical (unpaired) electrons. The predicted octanol–water partition coefficient (Wildman–Crippen LogP) is 3.28. The van der Waals surface area contributed by atoms with Gasteiger partial charge in [-0.15, -0.1) is 0 Å². The van der Waals surface area contributed by atoms with Crippen molar-refractivity contribution in [3.05, 3.63) is 70.4 Å². The Bertz CT molecular complexity index is 1310. The highest BCUT2D eigenvalue weighted by Gasteiger charge is 2.29. The summed E-state index contributed by atoms with van der Waals surface area (Å²) in [6.07, 6.45) is 3.97. The van der Waals surface area contributed by atoms with Crippen LogP contribution >= 0.6 is 11.6 Å². The molecular formula is C27H29ClN6O3. The van der Waals surface area contributed by atoms with Crippen LogP contribution in [0.25, 0.3) is 11.3 Å². The van der Waals surface area contributed by atoms with Crippen molar-refractivity contribution < 1.29 is 14.3 Å². The van der Waals surface area contributed by atoms with Crippen LogP contribution in [-0.4, -0.2) is 59.0 Å². The number of ether oxygens (including phenoxy) is 1. The largest absolute Gasteiger partial charge is 0.399 e. The van der Waals surface area contributed by atoms with Gasteiger partial charge >= 0.3 is 0 Å². The Morgan fingerprint density at radius 2 is 2.00 bits per heavy atom. The highest BCUT2D eigenvalue weighted by Crippen LogP contribution is 2.31. The number of carbonyl (C=O) groups excluding carboxylic acids is 2. The molecule has 1 aromatic heterocycles. The van der Waals surface area contributed by atoms with Crippen molar-refractivity contribution in [1.82, 2.24) is 20.2 Å². The second kappa shape index (κ2) is 11.1. The number of rotatable bonds is 8. The zero-order valence-electron chi connectivity index (χ0n) is 20.4. The minimum absolute atomic E-state index is 0.0133. The van der Waals surface area contributed by atoms with Crippen molar-refractivity contribution in [3.8, 4) is 11.3 Å². The molecule has 9 nitrogen and oxygen atoms in total. The maximum Gasteiger partial charge on any atom is 0.254 e. The van der Waals surface area contributed by atoms with Crippen LogP contribution in [0.3, 0.4) is 0 Å². The Hall–Kier alpha value is -3.69. The summed E-state index contributed by atoms with van der Waals surface area (Å²) in [4.78, 5) is 36.1. The van der Waals surface area contributed by atoms with E-state index in [2.05, 4.69) is 20.6 Å². The lowest BCUT2D eigenvalue weighted by Gasteiger charge is -2.23. The number of para-hydroxylation sites is 1. The Labute approximate surface area is 220 Å². The van der Waals surface area contributed by atoms with Crippen LogP contribution in [0.1, 0.15) is 34.3 Å². The summed E-state index contributed by atoms with van der Waals surface area (Å²) in [6, 6.07) is 13.4. The normalized spacial score (nSPS) is 15.5. The lowest BCUT2D eigenvalue weighted by Crippen LogP contribution is -2.38. The van der Waals surface area contributed by atoms with E-state index in [0.717, 1.165) is 29.5 Å². The number of nitrogens with two attached hydrogens (primary N) is 1. The zero-order valence-corrected chi connectivity index (χ0v) is 21.1. The Morgan fingerprint density at radius 1 is 1.19 bits per heavy atom. The van der Waals surface area contributed by atoms with Gasteiger partial charge in [0.05, 0.1) is 16.9 Å². The van der Waals surface area contributed by atoms with Crippen LogP contribution < -0.4 is 16.4 Å². The number of nitrogen functional groups attached to an aromatic ring is 1. The Kier molecular flexibility index (Phi) is 7.52. The fourth-order valence-electron chi connectivity index (χ4n) is 4.63. The molecule has 5 rings (SSSR count). The first-order valence-corrected chi connectivity index (χ1v) is 12.7. The summed E-state index contributed by atoms with van der Waals surface area (Å²) >= 11 is 6.43. The molecule has 0 atom stereocenters. The van der Waals surface area contributed by atoms with Crippen molar-refractivity contribution in [1.29, 1.82) is 0 Å². The van der Waals surface area contributed by atoms with Crippen molar-refractivity contribution in [2.75, 3.05) is 37.4 Å². The fourth-order valence-corrected chi connectivity index (χ4v) is 4.83. The number of halogens is 1. The lowest BCUT2D eigenvalue weighted by molar-refractivity contribution is -0.121. The molecule has 0 saturated carbocycles.